The van der Waals surface area contributed by atoms with Gasteiger partial charge in [-0.1, -0.05) is 37.3 Å². The van der Waals surface area contributed by atoms with Crippen LogP contribution in [0.5, 0.6) is 0 Å². The second-order valence-corrected chi connectivity index (χ2v) is 5.51. The summed E-state index contributed by atoms with van der Waals surface area (Å²) in [4.78, 5) is 25.7. The molecule has 1 aromatic rings. The predicted octanol–water partition coefficient (Wildman–Crippen LogP) is 1.54. The zero-order chi connectivity index (χ0) is 14.9. The van der Waals surface area contributed by atoms with Gasteiger partial charge in [-0.25, -0.2) is 4.79 Å². The molecule has 0 aromatic heterocycles. The first kappa shape index (κ1) is 14.5. The highest BCUT2D eigenvalue weighted by atomic mass is 32.1. The van der Waals surface area contributed by atoms with Crippen LogP contribution in [-0.2, 0) is 11.3 Å². The van der Waals surface area contributed by atoms with Crippen LogP contribution in [0.1, 0.15) is 31.4 Å². The molecule has 1 unspecified atom stereocenters. The first-order valence-corrected chi connectivity index (χ1v) is 6.81. The Balaban J connectivity index is 2.22. The Kier molecular flexibility index (Phi) is 3.76. The number of nitrogens with two attached hydrogens (primary N) is 1. The molecule has 3 amide bonds. The molecule has 0 aliphatic carbocycles. The fourth-order valence-electron chi connectivity index (χ4n) is 2.14. The Hall–Kier alpha value is -1.95. The van der Waals surface area contributed by atoms with Crippen LogP contribution >= 0.6 is 12.2 Å². The van der Waals surface area contributed by atoms with E-state index in [1.807, 2.05) is 13.0 Å². The van der Waals surface area contributed by atoms with E-state index in [0.717, 1.165) is 11.1 Å². The Morgan fingerprint density at radius 1 is 1.45 bits per heavy atom. The van der Waals surface area contributed by atoms with Gasteiger partial charge in [-0.2, -0.15) is 0 Å². The number of hydrogen-bond donors (Lipinski definition) is 2. The lowest BCUT2D eigenvalue weighted by molar-refractivity contribution is -0.131. The molecule has 106 valence electrons. The molecule has 5 nitrogen and oxygen atoms in total. The van der Waals surface area contributed by atoms with Crippen LogP contribution in [0.15, 0.2) is 24.3 Å². The second kappa shape index (κ2) is 5.20. The van der Waals surface area contributed by atoms with Crippen LogP contribution < -0.4 is 11.1 Å². The Bertz CT molecular complexity index is 588. The molecule has 1 aliphatic heterocycles. The number of rotatable bonds is 4. The molecule has 20 heavy (non-hydrogen) atoms. The first-order chi connectivity index (χ1) is 9.37. The van der Waals surface area contributed by atoms with Gasteiger partial charge >= 0.3 is 6.03 Å². The lowest BCUT2D eigenvalue weighted by Crippen LogP contribution is -2.43. The number of nitrogens with one attached hydrogen (secondary N) is 1. The summed E-state index contributed by atoms with van der Waals surface area (Å²) in [5, 5.41) is 2.72. The summed E-state index contributed by atoms with van der Waals surface area (Å²) < 4.78 is 0. The zero-order valence-electron chi connectivity index (χ0n) is 11.5. The maximum Gasteiger partial charge on any atom is 0.325 e. The quantitative estimate of drug-likeness (QED) is 0.652. The Morgan fingerprint density at radius 3 is 2.70 bits per heavy atom. The number of hydrogen-bond acceptors (Lipinski definition) is 3. The van der Waals surface area contributed by atoms with Crippen LogP contribution in [-0.4, -0.2) is 27.4 Å². The zero-order valence-corrected chi connectivity index (χ0v) is 12.3. The molecule has 0 radical (unpaired) electrons. The van der Waals surface area contributed by atoms with Crippen LogP contribution in [0.2, 0.25) is 0 Å². The van der Waals surface area contributed by atoms with Crippen molar-refractivity contribution in [1.82, 2.24) is 10.2 Å². The van der Waals surface area contributed by atoms with Crippen LogP contribution in [0.3, 0.4) is 0 Å². The predicted molar refractivity (Wildman–Crippen MR) is 80.1 cm³/mol. The summed E-state index contributed by atoms with van der Waals surface area (Å²) in [6.07, 6.45) is 0.557. The van der Waals surface area contributed by atoms with Crippen molar-refractivity contribution in [2.45, 2.75) is 32.4 Å². The first-order valence-electron chi connectivity index (χ1n) is 6.40. The number of urea groups is 1. The van der Waals surface area contributed by atoms with E-state index in [0.29, 0.717) is 11.4 Å². The minimum absolute atomic E-state index is 0.203. The second-order valence-electron chi connectivity index (χ2n) is 5.07. The van der Waals surface area contributed by atoms with E-state index in [4.69, 9.17) is 18.0 Å². The fourth-order valence-corrected chi connectivity index (χ4v) is 2.26. The maximum atomic E-state index is 12.3. The summed E-state index contributed by atoms with van der Waals surface area (Å²) >= 11 is 4.92. The third-order valence-corrected chi connectivity index (χ3v) is 3.84. The molecule has 6 heteroatoms. The number of amides is 3. The SMILES string of the molecule is CCC1(C)NC(=O)N(Cc2cccc(C(N)=S)c2)C1=O. The highest BCUT2D eigenvalue weighted by molar-refractivity contribution is 7.80. The van der Waals surface area contributed by atoms with E-state index in [9.17, 15) is 9.59 Å². The molecule has 1 atom stereocenters. The minimum Gasteiger partial charge on any atom is -0.389 e. The average molecular weight is 291 g/mol. The van der Waals surface area contributed by atoms with E-state index < -0.39 is 5.54 Å². The van der Waals surface area contributed by atoms with Gasteiger partial charge in [0.25, 0.3) is 5.91 Å². The molecule has 1 saturated heterocycles. The van der Waals surface area contributed by atoms with Gasteiger partial charge in [0.2, 0.25) is 0 Å². The third kappa shape index (κ3) is 2.51. The molecule has 3 N–H and O–H groups in total. The largest absolute Gasteiger partial charge is 0.389 e. The van der Waals surface area contributed by atoms with Crippen LogP contribution in [0, 0.1) is 0 Å². The fraction of sp³-hybridized carbons (Fsp3) is 0.357. The van der Waals surface area contributed by atoms with Gasteiger partial charge in [0.15, 0.2) is 0 Å². The summed E-state index contributed by atoms with van der Waals surface area (Å²) in [5.41, 5.74) is 6.32. The number of carbonyl (C=O) groups is 2. The van der Waals surface area contributed by atoms with Gasteiger partial charge in [-0.3, -0.25) is 9.69 Å². The number of thiocarbonyl (C=S) groups is 1. The molecule has 0 bridgehead atoms. The third-order valence-electron chi connectivity index (χ3n) is 3.60. The molecule has 2 rings (SSSR count). The number of carbonyl (C=O) groups excluding carboxylic acids is 2. The molecule has 1 aromatic carbocycles. The van der Waals surface area contributed by atoms with E-state index in [2.05, 4.69) is 5.32 Å². The lowest BCUT2D eigenvalue weighted by atomic mass is 9.99. The van der Waals surface area contributed by atoms with Crippen LogP contribution in [0.25, 0.3) is 0 Å². The summed E-state index contributed by atoms with van der Waals surface area (Å²) in [6.45, 7) is 3.82. The molecule has 1 aliphatic rings. The van der Waals surface area contributed by atoms with Crippen molar-refractivity contribution in [2.75, 3.05) is 0 Å². The van der Waals surface area contributed by atoms with E-state index in [1.54, 1.807) is 25.1 Å². The molecule has 0 saturated carbocycles. The highest BCUT2D eigenvalue weighted by Crippen LogP contribution is 2.22. The van der Waals surface area contributed by atoms with Gasteiger partial charge in [0.1, 0.15) is 10.5 Å². The van der Waals surface area contributed by atoms with Gasteiger partial charge < -0.3 is 11.1 Å². The minimum atomic E-state index is -0.808. The molecule has 0 spiro atoms. The Labute approximate surface area is 123 Å². The number of nitrogens with zero attached hydrogens (tertiary/aromatic N) is 1. The van der Waals surface area contributed by atoms with Crippen LogP contribution in [0.4, 0.5) is 4.79 Å². The topological polar surface area (TPSA) is 75.4 Å². The van der Waals surface area contributed by atoms with Crippen molar-refractivity contribution in [1.29, 1.82) is 0 Å². The average Bonchev–Trinajstić information content (AvgIpc) is 2.63. The van der Waals surface area contributed by atoms with Gasteiger partial charge in [-0.15, -0.1) is 0 Å². The van der Waals surface area contributed by atoms with Crippen molar-refractivity contribution in [3.05, 3.63) is 35.4 Å². The van der Waals surface area contributed by atoms with Gasteiger partial charge in [-0.05, 0) is 25.0 Å². The molecule has 1 fully saturated rings. The van der Waals surface area contributed by atoms with E-state index in [1.165, 1.54) is 4.90 Å². The monoisotopic (exact) mass is 291 g/mol. The standard InChI is InChI=1S/C14H17N3O2S/c1-3-14(2)12(18)17(13(19)16-14)8-9-5-4-6-10(7-9)11(15)20/h4-7H,3,8H2,1-2H3,(H2,15,20)(H,16,19). The normalized spacial score (nSPS) is 22.0. The van der Waals surface area contributed by atoms with Gasteiger partial charge in [0.05, 0.1) is 6.54 Å². The maximum absolute atomic E-state index is 12.3. The van der Waals surface area contributed by atoms with Crippen molar-refractivity contribution in [3.63, 3.8) is 0 Å². The van der Waals surface area contributed by atoms with Crippen molar-refractivity contribution >= 4 is 29.1 Å². The molecular formula is C14H17N3O2S. The summed E-state index contributed by atoms with van der Waals surface area (Å²) in [7, 11) is 0. The van der Waals surface area contributed by atoms with Crippen molar-refractivity contribution < 1.29 is 9.59 Å². The summed E-state index contributed by atoms with van der Waals surface area (Å²) in [6, 6.07) is 6.88. The Morgan fingerprint density at radius 2 is 2.15 bits per heavy atom. The van der Waals surface area contributed by atoms with Crippen molar-refractivity contribution in [2.24, 2.45) is 5.73 Å². The lowest BCUT2D eigenvalue weighted by Gasteiger charge is -2.19. The highest BCUT2D eigenvalue weighted by Gasteiger charge is 2.46. The van der Waals surface area contributed by atoms with E-state index >= 15 is 0 Å². The van der Waals surface area contributed by atoms with Crippen molar-refractivity contribution in [3.8, 4) is 0 Å². The molecule has 1 heterocycles. The molecular weight excluding hydrogens is 274 g/mol. The van der Waals surface area contributed by atoms with E-state index in [-0.39, 0.29) is 18.5 Å². The number of benzene rings is 1. The summed E-state index contributed by atoms with van der Waals surface area (Å²) in [5.74, 6) is -0.203. The smallest absolute Gasteiger partial charge is 0.325 e. The number of imide groups is 1. The van der Waals surface area contributed by atoms with Gasteiger partial charge in [0, 0.05) is 5.56 Å².